The average Bonchev–Trinajstić information content (AvgIpc) is 2.58. The summed E-state index contributed by atoms with van der Waals surface area (Å²) in [6.07, 6.45) is 0. The van der Waals surface area contributed by atoms with Crippen LogP contribution < -0.4 is 9.47 Å². The number of hydrogen-bond donors (Lipinski definition) is 0. The maximum atomic E-state index is 12.1. The first-order valence-corrected chi connectivity index (χ1v) is 6.92. The van der Waals surface area contributed by atoms with Gasteiger partial charge in [0.2, 0.25) is 0 Å². The van der Waals surface area contributed by atoms with Gasteiger partial charge in [-0.05, 0) is 36.4 Å². The van der Waals surface area contributed by atoms with Crippen molar-refractivity contribution in [2.24, 2.45) is 0 Å². The van der Waals surface area contributed by atoms with Crippen LogP contribution >= 0.6 is 0 Å². The molecular formula is C19H14O3. The van der Waals surface area contributed by atoms with Crippen LogP contribution in [-0.2, 0) is 0 Å². The zero-order chi connectivity index (χ0) is 15.2. The molecule has 108 valence electrons. The van der Waals surface area contributed by atoms with Crippen molar-refractivity contribution in [3.63, 3.8) is 0 Å². The normalized spacial score (nSPS) is 10.0. The molecular weight excluding hydrogens is 276 g/mol. The van der Waals surface area contributed by atoms with Crippen LogP contribution in [0, 0.1) is 0 Å². The maximum absolute atomic E-state index is 12.1. The number of rotatable bonds is 4. The van der Waals surface area contributed by atoms with Crippen molar-refractivity contribution in [1.29, 1.82) is 0 Å². The van der Waals surface area contributed by atoms with Crippen LogP contribution in [0.2, 0.25) is 0 Å². The predicted molar refractivity (Wildman–Crippen MR) is 84.4 cm³/mol. The molecule has 0 fully saturated rings. The number of carbonyl (C=O) groups is 1. The number of hydrogen-bond acceptors (Lipinski definition) is 3. The van der Waals surface area contributed by atoms with Crippen molar-refractivity contribution in [3.8, 4) is 17.2 Å². The molecule has 0 aliphatic heterocycles. The summed E-state index contributed by atoms with van der Waals surface area (Å²) in [5.41, 5.74) is 0.497. The maximum Gasteiger partial charge on any atom is 0.343 e. The number of esters is 1. The molecule has 3 aromatic rings. The van der Waals surface area contributed by atoms with Crippen LogP contribution in [0.15, 0.2) is 84.9 Å². The van der Waals surface area contributed by atoms with Gasteiger partial charge in [0.05, 0.1) is 5.56 Å². The van der Waals surface area contributed by atoms with E-state index < -0.39 is 5.97 Å². The van der Waals surface area contributed by atoms with E-state index in [1.807, 2.05) is 42.5 Å². The molecule has 0 amide bonds. The zero-order valence-electron chi connectivity index (χ0n) is 11.8. The molecule has 0 aliphatic carbocycles. The summed E-state index contributed by atoms with van der Waals surface area (Å²) in [5.74, 6) is 1.16. The lowest BCUT2D eigenvalue weighted by atomic mass is 10.2. The van der Waals surface area contributed by atoms with Gasteiger partial charge in [-0.2, -0.15) is 0 Å². The summed E-state index contributed by atoms with van der Waals surface area (Å²) in [7, 11) is 0. The van der Waals surface area contributed by atoms with Gasteiger partial charge in [-0.3, -0.25) is 0 Å². The average molecular weight is 290 g/mol. The fraction of sp³-hybridized carbons (Fsp3) is 0. The van der Waals surface area contributed by atoms with Gasteiger partial charge in [-0.1, -0.05) is 48.5 Å². The minimum Gasteiger partial charge on any atom is -0.453 e. The Hall–Kier alpha value is -3.07. The van der Waals surface area contributed by atoms with Crippen LogP contribution in [-0.4, -0.2) is 5.97 Å². The van der Waals surface area contributed by atoms with Gasteiger partial charge in [0.25, 0.3) is 0 Å². The lowest BCUT2D eigenvalue weighted by molar-refractivity contribution is 0.0730. The van der Waals surface area contributed by atoms with E-state index in [9.17, 15) is 4.79 Å². The second kappa shape index (κ2) is 6.59. The van der Waals surface area contributed by atoms with Crippen molar-refractivity contribution >= 4 is 5.97 Å². The first-order chi connectivity index (χ1) is 10.8. The van der Waals surface area contributed by atoms with E-state index >= 15 is 0 Å². The first kappa shape index (κ1) is 13.9. The summed E-state index contributed by atoms with van der Waals surface area (Å²) < 4.78 is 11.2. The highest BCUT2D eigenvalue weighted by Gasteiger charge is 2.12. The molecule has 0 spiro atoms. The van der Waals surface area contributed by atoms with Gasteiger partial charge in [0.1, 0.15) is 5.75 Å². The third kappa shape index (κ3) is 3.33. The van der Waals surface area contributed by atoms with E-state index in [0.717, 1.165) is 0 Å². The Morgan fingerprint density at radius 1 is 0.636 bits per heavy atom. The van der Waals surface area contributed by atoms with Crippen LogP contribution in [0.4, 0.5) is 0 Å². The van der Waals surface area contributed by atoms with E-state index in [-0.39, 0.29) is 0 Å². The summed E-state index contributed by atoms with van der Waals surface area (Å²) in [6, 6.07) is 25.3. The van der Waals surface area contributed by atoms with Gasteiger partial charge in [0.15, 0.2) is 11.5 Å². The molecule has 0 unspecified atom stereocenters. The van der Waals surface area contributed by atoms with E-state index in [1.165, 1.54) is 0 Å². The number of benzene rings is 3. The van der Waals surface area contributed by atoms with Gasteiger partial charge in [0, 0.05) is 0 Å². The highest BCUT2D eigenvalue weighted by molar-refractivity contribution is 5.91. The zero-order valence-corrected chi connectivity index (χ0v) is 11.8. The fourth-order valence-electron chi connectivity index (χ4n) is 1.97. The van der Waals surface area contributed by atoms with E-state index in [4.69, 9.17) is 9.47 Å². The van der Waals surface area contributed by atoms with E-state index in [0.29, 0.717) is 22.8 Å². The monoisotopic (exact) mass is 290 g/mol. The highest BCUT2D eigenvalue weighted by atomic mass is 16.6. The SMILES string of the molecule is O=C(Oc1ccccc1Oc1ccccc1)c1ccccc1. The van der Waals surface area contributed by atoms with Gasteiger partial charge in [-0.25, -0.2) is 4.79 Å². The fourth-order valence-corrected chi connectivity index (χ4v) is 1.97. The highest BCUT2D eigenvalue weighted by Crippen LogP contribution is 2.31. The molecule has 0 N–H and O–H groups in total. The predicted octanol–water partition coefficient (Wildman–Crippen LogP) is 4.70. The third-order valence-electron chi connectivity index (χ3n) is 3.03. The second-order valence-electron chi connectivity index (χ2n) is 4.62. The molecule has 0 saturated carbocycles. The Bertz CT molecular complexity index is 752. The molecule has 0 saturated heterocycles. The number of para-hydroxylation sites is 3. The molecule has 0 aromatic heterocycles. The third-order valence-corrected chi connectivity index (χ3v) is 3.03. The number of ether oxygens (including phenoxy) is 2. The Kier molecular flexibility index (Phi) is 4.16. The minimum absolute atomic E-state index is 0.389. The Balaban J connectivity index is 1.81. The molecule has 3 heteroatoms. The van der Waals surface area contributed by atoms with Crippen molar-refractivity contribution in [1.82, 2.24) is 0 Å². The van der Waals surface area contributed by atoms with Gasteiger partial charge < -0.3 is 9.47 Å². The van der Waals surface area contributed by atoms with Crippen LogP contribution in [0.1, 0.15) is 10.4 Å². The Morgan fingerprint density at radius 3 is 1.86 bits per heavy atom. The van der Waals surface area contributed by atoms with E-state index in [1.54, 1.807) is 42.5 Å². The van der Waals surface area contributed by atoms with Gasteiger partial charge >= 0.3 is 5.97 Å². The van der Waals surface area contributed by atoms with Crippen LogP contribution in [0.25, 0.3) is 0 Å². The summed E-state index contributed by atoms with van der Waals surface area (Å²) >= 11 is 0. The lowest BCUT2D eigenvalue weighted by Gasteiger charge is -2.11. The molecule has 0 radical (unpaired) electrons. The largest absolute Gasteiger partial charge is 0.453 e. The topological polar surface area (TPSA) is 35.5 Å². The molecule has 22 heavy (non-hydrogen) atoms. The molecule has 0 aliphatic rings. The smallest absolute Gasteiger partial charge is 0.343 e. The Labute approximate surface area is 128 Å². The van der Waals surface area contributed by atoms with Crippen LogP contribution in [0.3, 0.4) is 0 Å². The molecule has 3 nitrogen and oxygen atoms in total. The Morgan fingerprint density at radius 2 is 1.18 bits per heavy atom. The van der Waals surface area contributed by atoms with E-state index in [2.05, 4.69) is 0 Å². The number of carbonyl (C=O) groups excluding carboxylic acids is 1. The standard InChI is InChI=1S/C19H14O3/c20-19(15-9-3-1-4-10-15)22-18-14-8-7-13-17(18)21-16-11-5-2-6-12-16/h1-14H. The summed E-state index contributed by atoms with van der Waals surface area (Å²) in [4.78, 5) is 12.1. The van der Waals surface area contributed by atoms with Crippen molar-refractivity contribution in [3.05, 3.63) is 90.5 Å². The second-order valence-corrected chi connectivity index (χ2v) is 4.62. The molecule has 0 heterocycles. The minimum atomic E-state index is -0.412. The lowest BCUT2D eigenvalue weighted by Crippen LogP contribution is -2.08. The quantitative estimate of drug-likeness (QED) is 0.516. The molecule has 0 atom stereocenters. The first-order valence-electron chi connectivity index (χ1n) is 6.92. The summed E-state index contributed by atoms with van der Waals surface area (Å²) in [5, 5.41) is 0. The van der Waals surface area contributed by atoms with Crippen molar-refractivity contribution < 1.29 is 14.3 Å². The molecule has 3 aromatic carbocycles. The van der Waals surface area contributed by atoms with Crippen molar-refractivity contribution in [2.45, 2.75) is 0 Å². The van der Waals surface area contributed by atoms with Crippen LogP contribution in [0.5, 0.6) is 17.2 Å². The van der Waals surface area contributed by atoms with Crippen molar-refractivity contribution in [2.75, 3.05) is 0 Å². The van der Waals surface area contributed by atoms with Gasteiger partial charge in [-0.15, -0.1) is 0 Å². The molecule has 0 bridgehead atoms. The molecule has 3 rings (SSSR count). The summed E-state index contributed by atoms with van der Waals surface area (Å²) in [6.45, 7) is 0.